The van der Waals surface area contributed by atoms with E-state index in [4.69, 9.17) is 5.11 Å². The number of carbonyl (C=O) groups excluding carboxylic acids is 1. The lowest BCUT2D eigenvalue weighted by molar-refractivity contribution is -0.152. The van der Waals surface area contributed by atoms with E-state index < -0.39 is 17.8 Å². The minimum absolute atomic E-state index is 0.0143. The van der Waals surface area contributed by atoms with Gasteiger partial charge in [0, 0.05) is 12.6 Å². The van der Waals surface area contributed by atoms with Gasteiger partial charge in [-0.25, -0.2) is 0 Å². The van der Waals surface area contributed by atoms with Gasteiger partial charge in [-0.2, -0.15) is 0 Å². The van der Waals surface area contributed by atoms with Crippen LogP contribution in [0.4, 0.5) is 0 Å². The largest absolute Gasteiger partial charge is 0.481 e. The lowest BCUT2D eigenvalue weighted by Crippen LogP contribution is -2.47. The molecule has 19 heavy (non-hydrogen) atoms. The third-order valence-corrected chi connectivity index (χ3v) is 4.28. The highest BCUT2D eigenvalue weighted by Gasteiger charge is 2.52. The van der Waals surface area contributed by atoms with E-state index >= 15 is 0 Å². The van der Waals surface area contributed by atoms with Gasteiger partial charge in [0.1, 0.15) is 0 Å². The number of aliphatic carboxylic acids is 1. The van der Waals surface area contributed by atoms with E-state index in [1.165, 1.54) is 0 Å². The van der Waals surface area contributed by atoms with Gasteiger partial charge < -0.3 is 15.1 Å². The molecule has 0 radical (unpaired) electrons. The van der Waals surface area contributed by atoms with Gasteiger partial charge in [-0.15, -0.1) is 0 Å². The molecule has 4 atom stereocenters. The molecule has 1 saturated carbocycles. The minimum atomic E-state index is -0.886. The number of carboxylic acids is 1. The van der Waals surface area contributed by atoms with Gasteiger partial charge in [0.2, 0.25) is 5.91 Å². The topological polar surface area (TPSA) is 77.8 Å². The summed E-state index contributed by atoms with van der Waals surface area (Å²) in [7, 11) is 0. The summed E-state index contributed by atoms with van der Waals surface area (Å²) >= 11 is 0. The van der Waals surface area contributed by atoms with Gasteiger partial charge in [-0.1, -0.05) is 12.2 Å². The van der Waals surface area contributed by atoms with Crippen LogP contribution in [0.5, 0.6) is 0 Å². The molecule has 2 aliphatic rings. The lowest BCUT2D eigenvalue weighted by atomic mass is 9.82. The van der Waals surface area contributed by atoms with Gasteiger partial charge in [-0.3, -0.25) is 9.59 Å². The van der Waals surface area contributed by atoms with E-state index in [2.05, 4.69) is 0 Å². The fourth-order valence-electron chi connectivity index (χ4n) is 3.42. The minimum Gasteiger partial charge on any atom is -0.481 e. The van der Waals surface area contributed by atoms with Crippen LogP contribution in [0, 0.1) is 23.7 Å². The normalized spacial score (nSPS) is 32.0. The summed E-state index contributed by atoms with van der Waals surface area (Å²) in [5.41, 5.74) is 0. The zero-order valence-corrected chi connectivity index (χ0v) is 11.3. The molecule has 0 heterocycles. The van der Waals surface area contributed by atoms with E-state index in [0.29, 0.717) is 0 Å². The van der Waals surface area contributed by atoms with Crippen LogP contribution in [0.1, 0.15) is 20.3 Å². The van der Waals surface area contributed by atoms with Crippen LogP contribution in [0.3, 0.4) is 0 Å². The molecule has 0 spiro atoms. The Kier molecular flexibility index (Phi) is 3.94. The number of hydrogen-bond donors (Lipinski definition) is 2. The average Bonchev–Trinajstić information content (AvgIpc) is 2.94. The van der Waals surface area contributed by atoms with Crippen molar-refractivity contribution in [2.45, 2.75) is 26.3 Å². The van der Waals surface area contributed by atoms with Crippen LogP contribution < -0.4 is 0 Å². The molecule has 2 N–H and O–H groups in total. The quantitative estimate of drug-likeness (QED) is 0.720. The van der Waals surface area contributed by atoms with Gasteiger partial charge in [-0.05, 0) is 32.1 Å². The molecule has 0 aliphatic heterocycles. The second-order valence-electron chi connectivity index (χ2n) is 5.69. The van der Waals surface area contributed by atoms with Crippen LogP contribution in [0.2, 0.25) is 0 Å². The molecule has 5 nitrogen and oxygen atoms in total. The average molecular weight is 267 g/mol. The Bertz CT molecular complexity index is 404. The molecule has 1 fully saturated rings. The molecule has 2 rings (SSSR count). The summed E-state index contributed by atoms with van der Waals surface area (Å²) in [5.74, 6) is -2.07. The third kappa shape index (κ3) is 2.39. The van der Waals surface area contributed by atoms with Crippen molar-refractivity contribution in [3.63, 3.8) is 0 Å². The number of carboxylic acid groups (broad SMARTS) is 1. The maximum Gasteiger partial charge on any atom is 0.307 e. The predicted molar refractivity (Wildman–Crippen MR) is 69.3 cm³/mol. The highest BCUT2D eigenvalue weighted by atomic mass is 16.4. The predicted octanol–water partition coefficient (Wildman–Crippen LogP) is 0.739. The van der Waals surface area contributed by atoms with Crippen LogP contribution in [-0.4, -0.2) is 46.2 Å². The van der Waals surface area contributed by atoms with Crippen molar-refractivity contribution >= 4 is 11.9 Å². The Morgan fingerprint density at radius 3 is 2.32 bits per heavy atom. The number of rotatable bonds is 5. The molecule has 2 unspecified atom stereocenters. The molecule has 106 valence electrons. The van der Waals surface area contributed by atoms with Crippen LogP contribution in [0.25, 0.3) is 0 Å². The highest BCUT2D eigenvalue weighted by Crippen LogP contribution is 2.48. The summed E-state index contributed by atoms with van der Waals surface area (Å²) in [6, 6.07) is -0.0304. The summed E-state index contributed by atoms with van der Waals surface area (Å²) in [6.45, 7) is 3.93. The number of aliphatic hydroxyl groups is 1. The molecule has 0 aromatic carbocycles. The smallest absolute Gasteiger partial charge is 0.307 e. The standard InChI is InChI=1S/C14H21NO4/c1-8(2)15(5-6-16)13(17)11-9-3-4-10(7-9)12(11)14(18)19/h3-4,8-12,16H,5-7H2,1-2H3,(H,18,19)/t9?,10?,11-,12+/m0/s1. The molecule has 5 heteroatoms. The Balaban J connectivity index is 2.21. The molecule has 2 bridgehead atoms. The number of fused-ring (bicyclic) bond motifs is 2. The van der Waals surface area contributed by atoms with Crippen molar-refractivity contribution in [2.75, 3.05) is 13.2 Å². The fourth-order valence-corrected chi connectivity index (χ4v) is 3.42. The fraction of sp³-hybridized carbons (Fsp3) is 0.714. The summed E-state index contributed by atoms with van der Waals surface area (Å²) in [4.78, 5) is 25.6. The molecule has 0 aromatic rings. The van der Waals surface area contributed by atoms with Gasteiger partial charge in [0.05, 0.1) is 18.4 Å². The van der Waals surface area contributed by atoms with E-state index in [-0.39, 0.29) is 36.9 Å². The first-order valence-electron chi connectivity index (χ1n) is 6.79. The molecule has 0 aromatic heterocycles. The van der Waals surface area contributed by atoms with Crippen LogP contribution >= 0.6 is 0 Å². The van der Waals surface area contributed by atoms with Crippen molar-refractivity contribution in [1.29, 1.82) is 0 Å². The molecule has 0 saturated heterocycles. The van der Waals surface area contributed by atoms with Crippen molar-refractivity contribution in [2.24, 2.45) is 23.7 Å². The number of amides is 1. The van der Waals surface area contributed by atoms with Crippen molar-refractivity contribution in [3.05, 3.63) is 12.2 Å². The first-order valence-corrected chi connectivity index (χ1v) is 6.79. The van der Waals surface area contributed by atoms with Crippen LogP contribution in [-0.2, 0) is 9.59 Å². The Morgan fingerprint density at radius 2 is 1.84 bits per heavy atom. The van der Waals surface area contributed by atoms with E-state index in [1.54, 1.807) is 4.90 Å². The Morgan fingerprint density at radius 1 is 1.26 bits per heavy atom. The van der Waals surface area contributed by atoms with Crippen molar-refractivity contribution in [1.82, 2.24) is 4.90 Å². The Labute approximate surface area is 112 Å². The zero-order valence-electron chi connectivity index (χ0n) is 11.3. The third-order valence-electron chi connectivity index (χ3n) is 4.28. The van der Waals surface area contributed by atoms with Gasteiger partial charge >= 0.3 is 5.97 Å². The molecular formula is C14H21NO4. The first-order chi connectivity index (χ1) is 8.97. The SMILES string of the molecule is CC(C)N(CCO)C(=O)[C@H]1C2C=CC(C2)[C@H]1C(=O)O. The summed E-state index contributed by atoms with van der Waals surface area (Å²) in [5, 5.41) is 18.4. The first kappa shape index (κ1) is 14.1. The van der Waals surface area contributed by atoms with Gasteiger partial charge in [0.25, 0.3) is 0 Å². The van der Waals surface area contributed by atoms with Crippen molar-refractivity contribution in [3.8, 4) is 0 Å². The summed E-state index contributed by atoms with van der Waals surface area (Å²) in [6.07, 6.45) is 4.67. The van der Waals surface area contributed by atoms with E-state index in [1.807, 2.05) is 26.0 Å². The second kappa shape index (κ2) is 5.33. The van der Waals surface area contributed by atoms with E-state index in [0.717, 1.165) is 6.42 Å². The van der Waals surface area contributed by atoms with Crippen LogP contribution in [0.15, 0.2) is 12.2 Å². The second-order valence-corrected chi connectivity index (χ2v) is 5.69. The molecular weight excluding hydrogens is 246 g/mol. The number of carbonyl (C=O) groups is 2. The number of allylic oxidation sites excluding steroid dienone is 2. The Hall–Kier alpha value is -1.36. The zero-order chi connectivity index (χ0) is 14.2. The number of nitrogens with zero attached hydrogens (tertiary/aromatic N) is 1. The van der Waals surface area contributed by atoms with E-state index in [9.17, 15) is 14.7 Å². The molecule has 1 amide bonds. The van der Waals surface area contributed by atoms with Crippen molar-refractivity contribution < 1.29 is 19.8 Å². The summed E-state index contributed by atoms with van der Waals surface area (Å²) < 4.78 is 0. The number of aliphatic hydroxyl groups excluding tert-OH is 1. The molecule has 2 aliphatic carbocycles. The van der Waals surface area contributed by atoms with Gasteiger partial charge in [0.15, 0.2) is 0 Å². The maximum absolute atomic E-state index is 12.6. The number of hydrogen-bond acceptors (Lipinski definition) is 3. The highest BCUT2D eigenvalue weighted by molar-refractivity contribution is 5.87. The maximum atomic E-state index is 12.6. The lowest BCUT2D eigenvalue weighted by Gasteiger charge is -2.33. The monoisotopic (exact) mass is 267 g/mol.